The number of hydrogen-bond donors (Lipinski definition) is 0. The van der Waals surface area contributed by atoms with Crippen LogP contribution < -0.4 is 9.47 Å². The van der Waals surface area contributed by atoms with Crippen molar-refractivity contribution in [1.82, 2.24) is 34.9 Å². The zero-order chi connectivity index (χ0) is 41.2. The van der Waals surface area contributed by atoms with E-state index in [-0.39, 0.29) is 0 Å². The van der Waals surface area contributed by atoms with Gasteiger partial charge in [-0.2, -0.15) is 0 Å². The minimum Gasteiger partial charge on any atom is -0.449 e. The fraction of sp³-hybridized carbons (Fsp3) is 0. The molecule has 9 heteroatoms. The summed E-state index contributed by atoms with van der Waals surface area (Å²) in [6.45, 7) is 0. The Bertz CT molecular complexity index is 3150. The number of rotatable bonds is 8. The van der Waals surface area contributed by atoms with E-state index in [1.807, 2.05) is 164 Å². The Morgan fingerprint density at radius 1 is 0.274 bits per heavy atom. The molecule has 11 rings (SSSR count). The fourth-order valence-corrected chi connectivity index (χ4v) is 7.50. The first-order valence-electron chi connectivity index (χ1n) is 20.1. The standard InChI is InChI=1S/C53H33N7O2/c1-3-12-34(13-4-1)51-58-52(35-14-5-2-6-15-35)60-53(59-51)38-17-11-16-36(28-38)37-22-25-47-48(29-37)62-50-31-42(40-21-24-46(57-33-40)44-19-8-10-27-55-44)41(30-49(50)61-47)39-20-23-45(56-32-39)43-18-7-9-26-54-43/h1-33H. The van der Waals surface area contributed by atoms with Gasteiger partial charge in [0.1, 0.15) is 0 Å². The molecule has 292 valence electrons. The van der Waals surface area contributed by atoms with Gasteiger partial charge in [0, 0.05) is 52.6 Å². The third-order valence-electron chi connectivity index (χ3n) is 10.6. The number of hydrogen-bond acceptors (Lipinski definition) is 9. The quantitative estimate of drug-likeness (QED) is 0.148. The van der Waals surface area contributed by atoms with Gasteiger partial charge in [-0.1, -0.05) is 109 Å². The predicted molar refractivity (Wildman–Crippen MR) is 241 cm³/mol. The summed E-state index contributed by atoms with van der Waals surface area (Å²) < 4.78 is 13.3. The molecule has 0 fully saturated rings. The molecule has 10 aromatic rings. The SMILES string of the molecule is c1ccc(-c2nc(-c3ccccc3)nc(-c3cccc(-c4ccc5c(c4)Oc4cc(-c6ccc(-c7ccccn7)nc6)c(-c6ccc(-c7ccccn7)nc6)cc4O5)c3)n2)cc1. The molecule has 0 saturated heterocycles. The molecule has 0 bridgehead atoms. The summed E-state index contributed by atoms with van der Waals surface area (Å²) in [7, 11) is 0. The van der Waals surface area contributed by atoms with Crippen molar-refractivity contribution in [2.45, 2.75) is 0 Å². The van der Waals surface area contributed by atoms with E-state index in [1.54, 1.807) is 12.4 Å². The van der Waals surface area contributed by atoms with Gasteiger partial charge in [-0.05, 0) is 89.0 Å². The Kier molecular flexibility index (Phi) is 9.28. The predicted octanol–water partition coefficient (Wildman–Crippen LogP) is 12.7. The van der Waals surface area contributed by atoms with Gasteiger partial charge in [0.05, 0.1) is 22.8 Å². The average molecular weight is 800 g/mol. The second-order valence-corrected chi connectivity index (χ2v) is 14.6. The lowest BCUT2D eigenvalue weighted by Gasteiger charge is -2.23. The van der Waals surface area contributed by atoms with E-state index >= 15 is 0 Å². The highest BCUT2D eigenvalue weighted by molar-refractivity contribution is 5.87. The Hall–Kier alpha value is -8.69. The normalized spacial score (nSPS) is 11.5. The van der Waals surface area contributed by atoms with Gasteiger partial charge < -0.3 is 9.47 Å². The Balaban J connectivity index is 0.947. The third kappa shape index (κ3) is 7.20. The Morgan fingerprint density at radius 3 is 1.23 bits per heavy atom. The molecule has 0 saturated carbocycles. The summed E-state index contributed by atoms with van der Waals surface area (Å²) in [5.41, 5.74) is 11.4. The van der Waals surface area contributed by atoms with Crippen LogP contribution >= 0.6 is 0 Å². The van der Waals surface area contributed by atoms with Crippen LogP contribution in [0.15, 0.2) is 201 Å². The number of fused-ring (bicyclic) bond motifs is 2. The van der Waals surface area contributed by atoms with Gasteiger partial charge in [-0.3, -0.25) is 19.9 Å². The van der Waals surface area contributed by atoms with Crippen LogP contribution in [0.1, 0.15) is 0 Å². The minimum absolute atomic E-state index is 0.582. The average Bonchev–Trinajstić information content (AvgIpc) is 3.36. The van der Waals surface area contributed by atoms with E-state index < -0.39 is 0 Å². The van der Waals surface area contributed by atoms with Crippen molar-refractivity contribution in [3.63, 3.8) is 0 Å². The molecular formula is C53H33N7O2. The first-order chi connectivity index (χ1) is 30.7. The third-order valence-corrected chi connectivity index (χ3v) is 10.6. The maximum absolute atomic E-state index is 6.69. The summed E-state index contributed by atoms with van der Waals surface area (Å²) in [5.74, 6) is 4.19. The summed E-state index contributed by atoms with van der Waals surface area (Å²) >= 11 is 0. The van der Waals surface area contributed by atoms with Crippen molar-refractivity contribution in [2.24, 2.45) is 0 Å². The van der Waals surface area contributed by atoms with E-state index in [0.29, 0.717) is 40.5 Å². The zero-order valence-electron chi connectivity index (χ0n) is 33.0. The van der Waals surface area contributed by atoms with Gasteiger partial charge in [0.15, 0.2) is 40.5 Å². The number of ether oxygens (including phenoxy) is 2. The molecule has 0 radical (unpaired) electrons. The lowest BCUT2D eigenvalue weighted by molar-refractivity contribution is 0.360. The number of nitrogens with zero attached hydrogens (tertiary/aromatic N) is 7. The number of pyridine rings is 4. The van der Waals surface area contributed by atoms with E-state index in [9.17, 15) is 0 Å². The van der Waals surface area contributed by atoms with Crippen molar-refractivity contribution >= 4 is 0 Å². The van der Waals surface area contributed by atoms with Gasteiger partial charge in [-0.15, -0.1) is 0 Å². The number of benzene rings is 5. The van der Waals surface area contributed by atoms with Crippen molar-refractivity contribution in [2.75, 3.05) is 0 Å². The van der Waals surface area contributed by atoms with Crippen LogP contribution in [0, 0.1) is 0 Å². The van der Waals surface area contributed by atoms with Gasteiger partial charge >= 0.3 is 0 Å². The Labute approximate surface area is 357 Å². The van der Waals surface area contributed by atoms with Crippen molar-refractivity contribution in [3.05, 3.63) is 201 Å². The highest BCUT2D eigenvalue weighted by Crippen LogP contribution is 2.50. The molecule has 0 amide bonds. The summed E-state index contributed by atoms with van der Waals surface area (Å²) in [5, 5.41) is 0. The molecule has 62 heavy (non-hydrogen) atoms. The van der Waals surface area contributed by atoms with Crippen LogP contribution in [-0.4, -0.2) is 34.9 Å². The van der Waals surface area contributed by atoms with E-state index in [0.717, 1.165) is 72.8 Å². The van der Waals surface area contributed by atoms with E-state index in [2.05, 4.69) is 34.2 Å². The van der Waals surface area contributed by atoms with Crippen LogP contribution in [0.5, 0.6) is 23.0 Å². The van der Waals surface area contributed by atoms with Crippen molar-refractivity contribution in [1.29, 1.82) is 0 Å². The molecular weight excluding hydrogens is 767 g/mol. The Morgan fingerprint density at radius 2 is 0.710 bits per heavy atom. The molecule has 1 aliphatic rings. The minimum atomic E-state index is 0.582. The largest absolute Gasteiger partial charge is 0.449 e. The molecule has 0 atom stereocenters. The maximum atomic E-state index is 6.69. The van der Waals surface area contributed by atoms with Gasteiger partial charge in [0.2, 0.25) is 0 Å². The summed E-state index contributed by atoms with van der Waals surface area (Å²) in [6.07, 6.45) is 7.27. The maximum Gasteiger partial charge on any atom is 0.170 e. The van der Waals surface area contributed by atoms with Crippen LogP contribution in [-0.2, 0) is 0 Å². The zero-order valence-corrected chi connectivity index (χ0v) is 33.0. The highest BCUT2D eigenvalue weighted by atomic mass is 16.6. The first-order valence-corrected chi connectivity index (χ1v) is 20.1. The summed E-state index contributed by atoms with van der Waals surface area (Å²) in [4.78, 5) is 33.3. The lowest BCUT2D eigenvalue weighted by Crippen LogP contribution is -2.01. The second-order valence-electron chi connectivity index (χ2n) is 14.6. The molecule has 1 aliphatic heterocycles. The van der Waals surface area contributed by atoms with Gasteiger partial charge in [-0.25, -0.2) is 15.0 Å². The highest BCUT2D eigenvalue weighted by Gasteiger charge is 2.24. The lowest BCUT2D eigenvalue weighted by atomic mass is 9.94. The topological polar surface area (TPSA) is 109 Å². The fourth-order valence-electron chi connectivity index (χ4n) is 7.50. The van der Waals surface area contributed by atoms with Crippen LogP contribution in [0.4, 0.5) is 0 Å². The molecule has 0 aliphatic carbocycles. The van der Waals surface area contributed by atoms with Crippen LogP contribution in [0.25, 0.3) is 90.3 Å². The molecule has 0 spiro atoms. The van der Waals surface area contributed by atoms with E-state index in [4.69, 9.17) is 34.4 Å². The molecule has 6 heterocycles. The number of aromatic nitrogens is 7. The monoisotopic (exact) mass is 799 g/mol. The van der Waals surface area contributed by atoms with E-state index in [1.165, 1.54) is 0 Å². The molecule has 9 nitrogen and oxygen atoms in total. The van der Waals surface area contributed by atoms with Crippen LogP contribution in [0.3, 0.4) is 0 Å². The smallest absolute Gasteiger partial charge is 0.170 e. The van der Waals surface area contributed by atoms with Crippen molar-refractivity contribution in [3.8, 4) is 113 Å². The second kappa shape index (κ2) is 15.8. The molecule has 0 unspecified atom stereocenters. The molecule has 5 aromatic heterocycles. The molecule has 5 aromatic carbocycles. The first kappa shape index (κ1) is 36.4. The summed E-state index contributed by atoms with van der Waals surface area (Å²) in [6, 6.07) is 57.8. The van der Waals surface area contributed by atoms with Crippen LogP contribution in [0.2, 0.25) is 0 Å². The van der Waals surface area contributed by atoms with Crippen molar-refractivity contribution < 1.29 is 9.47 Å². The van der Waals surface area contributed by atoms with Gasteiger partial charge in [0.25, 0.3) is 0 Å². The molecule has 0 N–H and O–H groups in total.